The van der Waals surface area contributed by atoms with Crippen molar-refractivity contribution >= 4 is 22.4 Å². The first-order chi connectivity index (χ1) is 12.1. The van der Waals surface area contributed by atoms with Crippen LogP contribution in [0.5, 0.6) is 5.75 Å². The van der Waals surface area contributed by atoms with Crippen molar-refractivity contribution in [2.24, 2.45) is 0 Å². The van der Waals surface area contributed by atoms with Crippen LogP contribution in [0.15, 0.2) is 53.5 Å². The Labute approximate surface area is 144 Å². The molecule has 6 heteroatoms. The van der Waals surface area contributed by atoms with Crippen LogP contribution in [0.25, 0.3) is 27.8 Å². The number of anilines is 1. The van der Waals surface area contributed by atoms with E-state index in [0.29, 0.717) is 11.3 Å². The highest BCUT2D eigenvalue weighted by molar-refractivity contribution is 5.99. The highest BCUT2D eigenvalue weighted by atomic mass is 16.5. The Hall–Kier alpha value is -3.28. The normalized spacial score (nSPS) is 11.2. The highest BCUT2D eigenvalue weighted by Crippen LogP contribution is 2.37. The third-order valence-electron chi connectivity index (χ3n) is 4.26. The average Bonchev–Trinajstić information content (AvgIpc) is 3.00. The lowest BCUT2D eigenvalue weighted by atomic mass is 10.0. The number of nitrogens with zero attached hydrogens (tertiary/aromatic N) is 3. The van der Waals surface area contributed by atoms with Crippen LogP contribution in [-0.2, 0) is 0 Å². The molecule has 0 aliphatic heterocycles. The van der Waals surface area contributed by atoms with Crippen molar-refractivity contribution in [2.45, 2.75) is 0 Å². The number of ether oxygens (including phenoxy) is 1. The predicted molar refractivity (Wildman–Crippen MR) is 99.6 cm³/mol. The monoisotopic (exact) mass is 334 g/mol. The van der Waals surface area contributed by atoms with Gasteiger partial charge < -0.3 is 14.6 Å². The van der Waals surface area contributed by atoms with E-state index in [1.54, 1.807) is 7.11 Å². The van der Waals surface area contributed by atoms with Gasteiger partial charge in [0.25, 0.3) is 0 Å². The first-order valence-electron chi connectivity index (χ1n) is 7.95. The Morgan fingerprint density at radius 1 is 1.12 bits per heavy atom. The van der Waals surface area contributed by atoms with E-state index in [2.05, 4.69) is 9.38 Å². The van der Waals surface area contributed by atoms with Crippen LogP contribution in [-0.4, -0.2) is 35.6 Å². The van der Waals surface area contributed by atoms with Crippen molar-refractivity contribution in [1.29, 1.82) is 0 Å². The summed E-state index contributed by atoms with van der Waals surface area (Å²) in [7, 11) is 5.58. The van der Waals surface area contributed by atoms with Gasteiger partial charge in [-0.05, 0) is 30.3 Å². The first kappa shape index (κ1) is 15.3. The van der Waals surface area contributed by atoms with Crippen molar-refractivity contribution in [2.75, 3.05) is 26.1 Å². The van der Waals surface area contributed by atoms with Gasteiger partial charge in [0.15, 0.2) is 0 Å². The smallest absolute Gasteiger partial charge is 0.248 e. The van der Waals surface area contributed by atoms with Crippen molar-refractivity contribution in [3.63, 3.8) is 0 Å². The van der Waals surface area contributed by atoms with Gasteiger partial charge in [0.05, 0.1) is 12.6 Å². The molecule has 0 unspecified atom stereocenters. The van der Waals surface area contributed by atoms with Crippen molar-refractivity contribution in [1.82, 2.24) is 14.4 Å². The number of hydrogen-bond donors (Lipinski definition) is 1. The third-order valence-corrected chi connectivity index (χ3v) is 4.26. The molecule has 0 aliphatic rings. The Bertz CT molecular complexity index is 1140. The van der Waals surface area contributed by atoms with Gasteiger partial charge in [-0.3, -0.25) is 9.20 Å². The Balaban J connectivity index is 2.11. The molecule has 0 saturated heterocycles. The van der Waals surface area contributed by atoms with Gasteiger partial charge in [-0.25, -0.2) is 4.98 Å². The summed E-state index contributed by atoms with van der Waals surface area (Å²) in [6.07, 6.45) is 1.99. The third kappa shape index (κ3) is 2.34. The molecular formula is C19H18N4O2. The van der Waals surface area contributed by atoms with E-state index in [4.69, 9.17) is 9.72 Å². The summed E-state index contributed by atoms with van der Waals surface area (Å²) in [4.78, 5) is 21.5. The summed E-state index contributed by atoms with van der Waals surface area (Å²) >= 11 is 0. The van der Waals surface area contributed by atoms with Gasteiger partial charge in [-0.15, -0.1) is 0 Å². The van der Waals surface area contributed by atoms with Crippen molar-refractivity contribution in [3.05, 3.63) is 59.0 Å². The predicted octanol–water partition coefficient (Wildman–Crippen LogP) is 2.92. The number of pyridine rings is 2. The molecule has 0 bridgehead atoms. The number of imidazole rings is 1. The summed E-state index contributed by atoms with van der Waals surface area (Å²) in [5.41, 5.74) is 3.19. The molecule has 0 radical (unpaired) electrons. The van der Waals surface area contributed by atoms with Crippen molar-refractivity contribution < 1.29 is 4.74 Å². The lowest BCUT2D eigenvalue weighted by Gasteiger charge is -2.15. The number of aromatic amines is 1. The SMILES string of the molecule is COc1ccc(-c2nc3ccccn3c2N(C)C)c2ccc(=O)[nH]c12. The lowest BCUT2D eigenvalue weighted by molar-refractivity contribution is 0.419. The number of hydrogen-bond acceptors (Lipinski definition) is 4. The Morgan fingerprint density at radius 2 is 1.96 bits per heavy atom. The Morgan fingerprint density at radius 3 is 2.72 bits per heavy atom. The molecule has 4 rings (SSSR count). The molecule has 0 aliphatic carbocycles. The number of H-pyrrole nitrogens is 1. The molecule has 0 fully saturated rings. The molecule has 6 nitrogen and oxygen atoms in total. The van der Waals surface area contributed by atoms with E-state index in [1.807, 2.05) is 61.6 Å². The summed E-state index contributed by atoms with van der Waals surface area (Å²) in [5.74, 6) is 1.61. The minimum Gasteiger partial charge on any atom is -0.495 e. The van der Waals surface area contributed by atoms with Crippen LogP contribution in [0, 0.1) is 0 Å². The molecule has 3 heterocycles. The van der Waals surface area contributed by atoms with E-state index in [0.717, 1.165) is 28.1 Å². The maximum absolute atomic E-state index is 11.8. The maximum Gasteiger partial charge on any atom is 0.248 e. The number of nitrogens with one attached hydrogen (secondary N) is 1. The Kier molecular flexibility index (Phi) is 3.46. The molecule has 25 heavy (non-hydrogen) atoms. The molecule has 0 spiro atoms. The van der Waals surface area contributed by atoms with Gasteiger partial charge in [0, 0.05) is 37.3 Å². The molecule has 4 aromatic rings. The van der Waals surface area contributed by atoms with E-state index < -0.39 is 0 Å². The van der Waals surface area contributed by atoms with Crippen LogP contribution >= 0.6 is 0 Å². The van der Waals surface area contributed by atoms with Gasteiger partial charge in [0.2, 0.25) is 5.56 Å². The quantitative estimate of drug-likeness (QED) is 0.626. The zero-order valence-electron chi connectivity index (χ0n) is 14.3. The second-order valence-electron chi connectivity index (χ2n) is 6.03. The molecule has 3 aromatic heterocycles. The summed E-state index contributed by atoms with van der Waals surface area (Å²) in [6.45, 7) is 0. The van der Waals surface area contributed by atoms with Crippen LogP contribution in [0.4, 0.5) is 5.82 Å². The number of rotatable bonds is 3. The zero-order chi connectivity index (χ0) is 17.6. The molecular weight excluding hydrogens is 316 g/mol. The number of fused-ring (bicyclic) bond motifs is 2. The molecule has 0 atom stereocenters. The number of methoxy groups -OCH3 is 1. The second kappa shape index (κ2) is 5.66. The van der Waals surface area contributed by atoms with Crippen LogP contribution in [0.3, 0.4) is 0 Å². The van der Waals surface area contributed by atoms with Gasteiger partial charge in [-0.1, -0.05) is 6.07 Å². The fraction of sp³-hybridized carbons (Fsp3) is 0.158. The standard InChI is InChI=1S/C19H18N4O2/c1-22(2)19-18(20-15-6-4-5-11-23(15)19)13-7-9-14(25-3)17-12(13)8-10-16(24)21-17/h4-11H,1-3H3,(H,21,24). The van der Waals surface area contributed by atoms with Crippen LogP contribution < -0.4 is 15.2 Å². The lowest BCUT2D eigenvalue weighted by Crippen LogP contribution is -2.12. The first-order valence-corrected chi connectivity index (χ1v) is 7.95. The van der Waals surface area contributed by atoms with E-state index >= 15 is 0 Å². The highest BCUT2D eigenvalue weighted by Gasteiger charge is 2.19. The van der Waals surface area contributed by atoms with E-state index in [-0.39, 0.29) is 5.56 Å². The average molecular weight is 334 g/mol. The molecule has 0 saturated carbocycles. The fourth-order valence-corrected chi connectivity index (χ4v) is 3.19. The fourth-order valence-electron chi connectivity index (χ4n) is 3.19. The summed E-state index contributed by atoms with van der Waals surface area (Å²) in [6, 6.07) is 13.1. The molecule has 126 valence electrons. The number of benzene rings is 1. The minimum absolute atomic E-state index is 0.161. The topological polar surface area (TPSA) is 62.6 Å². The molecule has 1 N–H and O–H groups in total. The van der Waals surface area contributed by atoms with E-state index in [1.165, 1.54) is 6.07 Å². The van der Waals surface area contributed by atoms with E-state index in [9.17, 15) is 4.79 Å². The minimum atomic E-state index is -0.161. The van der Waals surface area contributed by atoms with Gasteiger partial charge >= 0.3 is 0 Å². The van der Waals surface area contributed by atoms with Gasteiger partial charge in [-0.2, -0.15) is 0 Å². The van der Waals surface area contributed by atoms with Gasteiger partial charge in [0.1, 0.15) is 22.9 Å². The largest absolute Gasteiger partial charge is 0.495 e. The summed E-state index contributed by atoms with van der Waals surface area (Å²) in [5, 5.41) is 0.894. The second-order valence-corrected chi connectivity index (χ2v) is 6.03. The number of aromatic nitrogens is 3. The molecule has 1 aromatic carbocycles. The van der Waals surface area contributed by atoms with Crippen LogP contribution in [0.1, 0.15) is 0 Å². The maximum atomic E-state index is 11.8. The van der Waals surface area contributed by atoms with Crippen molar-refractivity contribution in [3.8, 4) is 17.0 Å². The zero-order valence-corrected chi connectivity index (χ0v) is 14.3. The van der Waals surface area contributed by atoms with Crippen LogP contribution in [0.2, 0.25) is 0 Å². The summed E-state index contributed by atoms with van der Waals surface area (Å²) < 4.78 is 7.46. The molecule has 0 amide bonds.